The number of rotatable bonds is 7. The van der Waals surface area contributed by atoms with E-state index in [-0.39, 0.29) is 24.9 Å². The number of carbonyl (C=O) groups excluding carboxylic acids is 1. The predicted molar refractivity (Wildman–Crippen MR) is 117 cm³/mol. The summed E-state index contributed by atoms with van der Waals surface area (Å²) in [5, 5.41) is 5.84. The summed E-state index contributed by atoms with van der Waals surface area (Å²) in [6.45, 7) is 5.40. The van der Waals surface area contributed by atoms with E-state index in [1.165, 1.54) is 16.2 Å². The molecule has 0 N–H and O–H groups in total. The molecule has 8 nitrogen and oxygen atoms in total. The Balaban J connectivity index is 1.78. The van der Waals surface area contributed by atoms with Gasteiger partial charge in [0.15, 0.2) is 0 Å². The number of anilines is 1. The maximum atomic E-state index is 12.8. The van der Waals surface area contributed by atoms with Gasteiger partial charge in [0.25, 0.3) is 0 Å². The van der Waals surface area contributed by atoms with Gasteiger partial charge in [0, 0.05) is 7.05 Å². The van der Waals surface area contributed by atoms with Crippen molar-refractivity contribution in [3.05, 3.63) is 52.2 Å². The number of sulfonamides is 1. The fourth-order valence-electron chi connectivity index (χ4n) is 3.29. The number of amides is 1. The van der Waals surface area contributed by atoms with E-state index in [9.17, 15) is 13.2 Å². The Kier molecular flexibility index (Phi) is 6.27. The number of hydrogen-bond acceptors (Lipinski definition) is 7. The lowest BCUT2D eigenvalue weighted by atomic mass is 10.1. The number of hydrogen-bond donors (Lipinski definition) is 0. The molecule has 160 valence electrons. The molecule has 1 aromatic carbocycles. The van der Waals surface area contributed by atoms with Gasteiger partial charge < -0.3 is 9.42 Å². The fourth-order valence-corrected chi connectivity index (χ4v) is 4.90. The molecular formula is C20H24N4O4S2. The third-order valence-electron chi connectivity index (χ3n) is 4.57. The number of thiophene rings is 1. The van der Waals surface area contributed by atoms with Crippen LogP contribution in [0.15, 0.2) is 34.2 Å². The zero-order valence-corrected chi connectivity index (χ0v) is 19.2. The summed E-state index contributed by atoms with van der Waals surface area (Å²) in [6.07, 6.45) is 1.10. The van der Waals surface area contributed by atoms with E-state index >= 15 is 0 Å². The lowest BCUT2D eigenvalue weighted by molar-refractivity contribution is -0.129. The molecule has 0 aliphatic carbocycles. The van der Waals surface area contributed by atoms with Crippen LogP contribution in [0, 0.1) is 20.8 Å². The van der Waals surface area contributed by atoms with Crippen molar-refractivity contribution in [3.63, 3.8) is 0 Å². The average Bonchev–Trinajstić information content (AvgIpc) is 3.30. The minimum absolute atomic E-state index is 0.0840. The van der Waals surface area contributed by atoms with Crippen LogP contribution < -0.4 is 4.31 Å². The third kappa shape index (κ3) is 4.88. The molecule has 0 unspecified atom stereocenters. The van der Waals surface area contributed by atoms with Crippen LogP contribution in [-0.2, 0) is 21.4 Å². The molecule has 0 spiro atoms. The molecular weight excluding hydrogens is 424 g/mol. The minimum atomic E-state index is -3.67. The van der Waals surface area contributed by atoms with Crippen LogP contribution in [0.3, 0.4) is 0 Å². The standard InChI is InChI=1S/C20H24N4O4S2/c1-13-9-14(2)19(15(3)10-13)24(30(5,26)27)12-18(25)23(4)11-17-21-20(22-28-17)16-7-6-8-29-16/h6-10H,11-12H2,1-5H3. The molecule has 0 aliphatic heterocycles. The number of aromatic nitrogens is 2. The van der Waals surface area contributed by atoms with Gasteiger partial charge in [-0.25, -0.2) is 8.42 Å². The van der Waals surface area contributed by atoms with Crippen molar-refractivity contribution in [2.45, 2.75) is 27.3 Å². The topological polar surface area (TPSA) is 96.6 Å². The van der Waals surface area contributed by atoms with E-state index in [4.69, 9.17) is 4.52 Å². The maximum absolute atomic E-state index is 12.8. The molecule has 0 aliphatic rings. The maximum Gasteiger partial charge on any atom is 0.246 e. The molecule has 0 saturated carbocycles. The Bertz CT molecular complexity index is 1130. The smallest absolute Gasteiger partial charge is 0.246 e. The highest BCUT2D eigenvalue weighted by molar-refractivity contribution is 7.92. The third-order valence-corrected chi connectivity index (χ3v) is 6.55. The van der Waals surface area contributed by atoms with Gasteiger partial charge in [0.2, 0.25) is 27.6 Å². The minimum Gasteiger partial charge on any atom is -0.337 e. The van der Waals surface area contributed by atoms with Gasteiger partial charge in [-0.05, 0) is 43.3 Å². The van der Waals surface area contributed by atoms with Gasteiger partial charge >= 0.3 is 0 Å². The monoisotopic (exact) mass is 448 g/mol. The molecule has 30 heavy (non-hydrogen) atoms. The highest BCUT2D eigenvalue weighted by Crippen LogP contribution is 2.28. The SMILES string of the molecule is Cc1cc(C)c(N(CC(=O)N(C)Cc2nc(-c3cccs3)no2)S(C)(=O)=O)c(C)c1. The van der Waals surface area contributed by atoms with Crippen LogP contribution in [0.4, 0.5) is 5.69 Å². The van der Waals surface area contributed by atoms with Gasteiger partial charge in [-0.1, -0.05) is 28.9 Å². The Morgan fingerprint density at radius 1 is 1.20 bits per heavy atom. The molecule has 0 bridgehead atoms. The number of benzene rings is 1. The highest BCUT2D eigenvalue weighted by Gasteiger charge is 2.26. The molecule has 10 heteroatoms. The van der Waals surface area contributed by atoms with Crippen molar-refractivity contribution in [2.24, 2.45) is 0 Å². The molecule has 1 amide bonds. The van der Waals surface area contributed by atoms with Gasteiger partial charge in [-0.2, -0.15) is 4.98 Å². The van der Waals surface area contributed by atoms with Gasteiger partial charge in [0.05, 0.1) is 23.4 Å². The molecule has 0 radical (unpaired) electrons. The zero-order valence-electron chi connectivity index (χ0n) is 17.5. The molecule has 3 aromatic rings. The first-order valence-electron chi connectivity index (χ1n) is 9.22. The first-order valence-corrected chi connectivity index (χ1v) is 11.9. The number of likely N-dealkylation sites (N-methyl/N-ethyl adjacent to an activating group) is 1. The van der Waals surface area contributed by atoms with E-state index in [1.54, 1.807) is 7.05 Å². The molecule has 0 atom stereocenters. The molecule has 0 fully saturated rings. The largest absolute Gasteiger partial charge is 0.337 e. The normalized spacial score (nSPS) is 11.5. The fraction of sp³-hybridized carbons (Fsp3) is 0.350. The van der Waals surface area contributed by atoms with Crippen LogP contribution >= 0.6 is 11.3 Å². The highest BCUT2D eigenvalue weighted by atomic mass is 32.2. The molecule has 2 aromatic heterocycles. The van der Waals surface area contributed by atoms with E-state index in [0.717, 1.165) is 32.1 Å². The van der Waals surface area contributed by atoms with Crippen molar-refractivity contribution < 1.29 is 17.7 Å². The van der Waals surface area contributed by atoms with Crippen molar-refractivity contribution in [1.82, 2.24) is 15.0 Å². The second-order valence-corrected chi connectivity index (χ2v) is 10.1. The average molecular weight is 449 g/mol. The summed E-state index contributed by atoms with van der Waals surface area (Å²) < 4.78 is 31.4. The number of aryl methyl sites for hydroxylation is 3. The van der Waals surface area contributed by atoms with E-state index in [2.05, 4.69) is 10.1 Å². The summed E-state index contributed by atoms with van der Waals surface area (Å²) in [5.41, 5.74) is 3.16. The molecule has 0 saturated heterocycles. The van der Waals surface area contributed by atoms with Crippen molar-refractivity contribution in [3.8, 4) is 10.7 Å². The summed E-state index contributed by atoms with van der Waals surface area (Å²) >= 11 is 1.49. The van der Waals surface area contributed by atoms with Crippen LogP contribution in [0.25, 0.3) is 10.7 Å². The lowest BCUT2D eigenvalue weighted by Gasteiger charge is -2.27. The summed E-state index contributed by atoms with van der Waals surface area (Å²) in [7, 11) is -2.09. The molecule has 2 heterocycles. The quantitative estimate of drug-likeness (QED) is 0.551. The summed E-state index contributed by atoms with van der Waals surface area (Å²) in [5.74, 6) is 0.364. The first kappa shape index (κ1) is 22.0. The van der Waals surface area contributed by atoms with Crippen LogP contribution in [-0.4, -0.2) is 49.2 Å². The van der Waals surface area contributed by atoms with E-state index in [0.29, 0.717) is 11.5 Å². The van der Waals surface area contributed by atoms with Crippen LogP contribution in [0.1, 0.15) is 22.6 Å². The lowest BCUT2D eigenvalue weighted by Crippen LogP contribution is -2.41. The van der Waals surface area contributed by atoms with E-state index in [1.807, 2.05) is 50.4 Å². The summed E-state index contributed by atoms with van der Waals surface area (Å²) in [6, 6.07) is 7.57. The second-order valence-electron chi connectivity index (χ2n) is 7.26. The van der Waals surface area contributed by atoms with Crippen molar-refractivity contribution in [1.29, 1.82) is 0 Å². The Morgan fingerprint density at radius 3 is 2.43 bits per heavy atom. The Hall–Kier alpha value is -2.72. The number of carbonyl (C=O) groups is 1. The van der Waals surface area contributed by atoms with Gasteiger partial charge in [0.1, 0.15) is 6.54 Å². The Morgan fingerprint density at radius 2 is 1.87 bits per heavy atom. The van der Waals surface area contributed by atoms with Crippen LogP contribution in [0.5, 0.6) is 0 Å². The van der Waals surface area contributed by atoms with Crippen molar-refractivity contribution in [2.75, 3.05) is 24.2 Å². The second kappa shape index (κ2) is 8.57. The zero-order chi connectivity index (χ0) is 22.1. The molecule has 3 rings (SSSR count). The van der Waals surface area contributed by atoms with Gasteiger partial charge in [-0.3, -0.25) is 9.10 Å². The van der Waals surface area contributed by atoms with E-state index < -0.39 is 10.0 Å². The predicted octanol–water partition coefficient (Wildman–Crippen LogP) is 3.15. The summed E-state index contributed by atoms with van der Waals surface area (Å²) in [4.78, 5) is 19.4. The van der Waals surface area contributed by atoms with Crippen molar-refractivity contribution >= 4 is 33.0 Å². The Labute approximate surface area is 180 Å². The van der Waals surface area contributed by atoms with Gasteiger partial charge in [-0.15, -0.1) is 11.3 Å². The number of nitrogens with zero attached hydrogens (tertiary/aromatic N) is 4. The first-order chi connectivity index (χ1) is 14.1. The van der Waals surface area contributed by atoms with Crippen LogP contribution in [0.2, 0.25) is 0 Å².